The molecule has 0 aliphatic heterocycles. The van der Waals surface area contributed by atoms with E-state index in [1.54, 1.807) is 0 Å². The molecule has 318 valence electrons. The molecule has 14 aromatic rings. The predicted molar refractivity (Wildman–Crippen MR) is 289 cm³/mol. The molecule has 68 heavy (non-hydrogen) atoms. The van der Waals surface area contributed by atoms with E-state index in [2.05, 4.69) is 252 Å². The Labute approximate surface area is 396 Å². The lowest BCUT2D eigenvalue weighted by molar-refractivity contribution is 0.670. The maximum atomic E-state index is 6.85. The summed E-state index contributed by atoms with van der Waals surface area (Å²) in [4.78, 5) is 2.40. The fourth-order valence-corrected chi connectivity index (χ4v) is 11.9. The molecular weight excluding hydrogens is 845 g/mol. The molecule has 11 aromatic carbocycles. The van der Waals surface area contributed by atoms with Gasteiger partial charge in [0.2, 0.25) is 0 Å². The van der Waals surface area contributed by atoms with Crippen LogP contribution in [0.4, 0.5) is 17.1 Å². The Morgan fingerprint density at radius 1 is 0.368 bits per heavy atom. The summed E-state index contributed by atoms with van der Waals surface area (Å²) in [5.41, 5.74) is 15.4. The number of aromatic nitrogens is 1. The zero-order chi connectivity index (χ0) is 44.7. The topological polar surface area (TPSA) is 21.3 Å². The van der Waals surface area contributed by atoms with E-state index < -0.39 is 0 Å². The van der Waals surface area contributed by atoms with Gasteiger partial charge in [0.05, 0.1) is 22.4 Å². The van der Waals surface area contributed by atoms with Gasteiger partial charge < -0.3 is 13.9 Å². The van der Waals surface area contributed by atoms with Gasteiger partial charge in [-0.2, -0.15) is 0 Å². The average molecular weight is 885 g/mol. The van der Waals surface area contributed by atoms with Crippen LogP contribution < -0.4 is 4.90 Å². The highest BCUT2D eigenvalue weighted by Gasteiger charge is 2.22. The minimum Gasteiger partial charge on any atom is -0.455 e. The molecule has 0 bridgehead atoms. The average Bonchev–Trinajstić information content (AvgIpc) is 4.08. The van der Waals surface area contributed by atoms with Crippen molar-refractivity contribution in [3.8, 4) is 39.1 Å². The second kappa shape index (κ2) is 15.5. The number of thiophene rings is 1. The second-order valence-corrected chi connectivity index (χ2v) is 18.6. The van der Waals surface area contributed by atoms with Gasteiger partial charge in [-0.15, -0.1) is 11.3 Å². The van der Waals surface area contributed by atoms with Gasteiger partial charge in [-0.05, 0) is 94.2 Å². The highest BCUT2D eigenvalue weighted by molar-refractivity contribution is 7.26. The van der Waals surface area contributed by atoms with Crippen LogP contribution in [0.5, 0.6) is 0 Å². The van der Waals surface area contributed by atoms with E-state index in [0.717, 1.165) is 61.4 Å². The van der Waals surface area contributed by atoms with Crippen molar-refractivity contribution >= 4 is 103 Å². The lowest BCUT2D eigenvalue weighted by atomic mass is 9.98. The van der Waals surface area contributed by atoms with Crippen molar-refractivity contribution in [1.82, 2.24) is 4.57 Å². The number of hydrogen-bond acceptors (Lipinski definition) is 3. The van der Waals surface area contributed by atoms with Crippen molar-refractivity contribution < 1.29 is 4.42 Å². The van der Waals surface area contributed by atoms with E-state index in [1.807, 2.05) is 11.3 Å². The van der Waals surface area contributed by atoms with Crippen LogP contribution in [0.2, 0.25) is 0 Å². The molecule has 3 aromatic heterocycles. The first-order valence-corrected chi connectivity index (χ1v) is 24.0. The third kappa shape index (κ3) is 6.05. The van der Waals surface area contributed by atoms with Crippen molar-refractivity contribution in [2.45, 2.75) is 0 Å². The molecule has 0 radical (unpaired) electrons. The number of fused-ring (bicyclic) bond motifs is 10. The number of nitrogens with zero attached hydrogens (tertiary/aromatic N) is 2. The number of hydrogen-bond donors (Lipinski definition) is 0. The minimum absolute atomic E-state index is 0.883. The van der Waals surface area contributed by atoms with Gasteiger partial charge in [0.1, 0.15) is 11.2 Å². The summed E-state index contributed by atoms with van der Waals surface area (Å²) in [6, 6.07) is 88.1. The van der Waals surface area contributed by atoms with Crippen LogP contribution in [-0.4, -0.2) is 4.57 Å². The summed E-state index contributed by atoms with van der Waals surface area (Å²) in [5.74, 6) is 0. The Balaban J connectivity index is 0.931. The van der Waals surface area contributed by atoms with E-state index in [1.165, 1.54) is 69.4 Å². The van der Waals surface area contributed by atoms with Crippen molar-refractivity contribution in [2.24, 2.45) is 0 Å². The van der Waals surface area contributed by atoms with Crippen molar-refractivity contribution in [1.29, 1.82) is 0 Å². The molecule has 0 unspecified atom stereocenters. The molecule has 0 aliphatic carbocycles. The third-order valence-corrected chi connectivity index (χ3v) is 15.0. The maximum Gasteiger partial charge on any atom is 0.143 e. The number of furan rings is 1. The number of benzene rings is 11. The van der Waals surface area contributed by atoms with E-state index in [-0.39, 0.29) is 0 Å². The van der Waals surface area contributed by atoms with Gasteiger partial charge in [0.25, 0.3) is 0 Å². The maximum absolute atomic E-state index is 6.85. The molecule has 14 rings (SSSR count). The first-order valence-electron chi connectivity index (χ1n) is 23.2. The van der Waals surface area contributed by atoms with Crippen LogP contribution in [0.1, 0.15) is 0 Å². The van der Waals surface area contributed by atoms with E-state index in [4.69, 9.17) is 4.42 Å². The normalized spacial score (nSPS) is 11.8. The van der Waals surface area contributed by atoms with Gasteiger partial charge >= 0.3 is 0 Å². The Kier molecular flexibility index (Phi) is 8.76. The van der Waals surface area contributed by atoms with Crippen LogP contribution in [0.15, 0.2) is 247 Å². The van der Waals surface area contributed by atoms with E-state index in [9.17, 15) is 0 Å². The molecule has 4 heteroatoms. The standard InChI is InChI=1S/C64H40N2OS/c1-2-16-44-40-61-56(39-43(44)15-1)54-24-14-23-53(63(54)67-61)51-20-6-9-27-58(51)65(46-37-33-42(34-38-46)48-22-13-25-55-52-21-7-12-30-62(52)68-64(48)55)45-35-31-41(32-36-45)47-17-3-8-26-57(47)66-59-28-10-4-18-49(59)50-19-5-11-29-60(50)66/h1-40H. The largest absolute Gasteiger partial charge is 0.455 e. The summed E-state index contributed by atoms with van der Waals surface area (Å²) in [6.45, 7) is 0. The Hall–Kier alpha value is -8.70. The Morgan fingerprint density at radius 2 is 0.897 bits per heavy atom. The molecule has 3 heterocycles. The Morgan fingerprint density at radius 3 is 1.63 bits per heavy atom. The molecule has 0 fully saturated rings. The monoisotopic (exact) mass is 884 g/mol. The van der Waals surface area contributed by atoms with Crippen LogP contribution in [0.25, 0.3) is 114 Å². The van der Waals surface area contributed by atoms with Crippen LogP contribution >= 0.6 is 11.3 Å². The van der Waals surface area contributed by atoms with Crippen LogP contribution in [0, 0.1) is 0 Å². The van der Waals surface area contributed by atoms with Crippen molar-refractivity contribution in [3.05, 3.63) is 243 Å². The molecule has 0 saturated carbocycles. The molecule has 0 spiro atoms. The number of rotatable bonds is 7. The quantitative estimate of drug-likeness (QED) is 0.159. The number of anilines is 3. The van der Waals surface area contributed by atoms with E-state index >= 15 is 0 Å². The summed E-state index contributed by atoms with van der Waals surface area (Å²) in [5, 5.41) is 9.71. The van der Waals surface area contributed by atoms with E-state index in [0.29, 0.717) is 0 Å². The highest BCUT2D eigenvalue weighted by Crippen LogP contribution is 2.47. The van der Waals surface area contributed by atoms with Gasteiger partial charge in [-0.1, -0.05) is 176 Å². The minimum atomic E-state index is 0.883. The second-order valence-electron chi connectivity index (χ2n) is 17.6. The predicted octanol–water partition coefficient (Wildman–Crippen LogP) is 18.7. The van der Waals surface area contributed by atoms with Crippen LogP contribution in [-0.2, 0) is 0 Å². The SMILES string of the molecule is c1ccc(N(c2ccc(-c3ccccc3-n3c4ccccc4c4ccccc43)cc2)c2ccc(-c3cccc4c3sc3ccccc34)cc2)c(-c2cccc3c2oc2cc4ccccc4cc23)c1. The van der Waals surface area contributed by atoms with Gasteiger partial charge in [-0.3, -0.25) is 0 Å². The molecular formula is C64H40N2OS. The summed E-state index contributed by atoms with van der Waals surface area (Å²) in [7, 11) is 0. The highest BCUT2D eigenvalue weighted by atomic mass is 32.1. The zero-order valence-electron chi connectivity index (χ0n) is 36.8. The lowest BCUT2D eigenvalue weighted by Gasteiger charge is -2.28. The summed E-state index contributed by atoms with van der Waals surface area (Å²) < 4.78 is 11.9. The van der Waals surface area contributed by atoms with Crippen molar-refractivity contribution in [3.63, 3.8) is 0 Å². The van der Waals surface area contributed by atoms with Gasteiger partial charge in [0.15, 0.2) is 0 Å². The summed E-state index contributed by atoms with van der Waals surface area (Å²) >= 11 is 1.87. The Bertz CT molecular complexity index is 4210. The molecule has 0 saturated heterocycles. The van der Waals surface area contributed by atoms with Gasteiger partial charge in [-0.25, -0.2) is 0 Å². The fraction of sp³-hybridized carbons (Fsp3) is 0. The third-order valence-electron chi connectivity index (χ3n) is 13.8. The van der Waals surface area contributed by atoms with Crippen molar-refractivity contribution in [2.75, 3.05) is 4.90 Å². The summed E-state index contributed by atoms with van der Waals surface area (Å²) in [6.07, 6.45) is 0. The number of para-hydroxylation sites is 5. The first kappa shape index (κ1) is 38.6. The molecule has 0 N–H and O–H groups in total. The van der Waals surface area contributed by atoms with Gasteiger partial charge in [0, 0.05) is 69.8 Å². The zero-order valence-corrected chi connectivity index (χ0v) is 37.6. The van der Waals surface area contributed by atoms with Crippen LogP contribution in [0.3, 0.4) is 0 Å². The smallest absolute Gasteiger partial charge is 0.143 e. The molecule has 0 aliphatic rings. The fourth-order valence-electron chi connectivity index (χ4n) is 10.7. The molecule has 0 amide bonds. The molecule has 0 atom stereocenters. The lowest BCUT2D eigenvalue weighted by Crippen LogP contribution is -2.11. The first-order chi connectivity index (χ1) is 33.7. The molecule has 3 nitrogen and oxygen atoms in total.